The van der Waals surface area contributed by atoms with Crippen LogP contribution in [0.3, 0.4) is 0 Å². The highest BCUT2D eigenvalue weighted by molar-refractivity contribution is 4.80. The van der Waals surface area contributed by atoms with Gasteiger partial charge in [-0.25, -0.2) is 0 Å². The molecule has 0 saturated carbocycles. The first kappa shape index (κ1) is 11.0. The summed E-state index contributed by atoms with van der Waals surface area (Å²) in [6, 6.07) is 1.52. The number of nitrogens with zero attached hydrogens (tertiary/aromatic N) is 1. The van der Waals surface area contributed by atoms with Crippen molar-refractivity contribution in [3.05, 3.63) is 0 Å². The first-order valence-corrected chi connectivity index (χ1v) is 5.75. The molecule has 2 N–H and O–H groups in total. The first-order valence-electron chi connectivity index (χ1n) is 5.75. The van der Waals surface area contributed by atoms with Crippen LogP contribution in [0.2, 0.25) is 0 Å². The Morgan fingerprint density at radius 2 is 2.23 bits per heavy atom. The minimum Gasteiger partial charge on any atom is -0.330 e. The molecule has 2 heteroatoms. The standard InChI is InChI=1S/C11H24N2/c1-3-11-6-4-5-9-13(11)10(2)7-8-12/h10-11H,3-9,12H2,1-2H3. The summed E-state index contributed by atoms with van der Waals surface area (Å²) in [5.74, 6) is 0. The molecule has 2 unspecified atom stereocenters. The van der Waals surface area contributed by atoms with Gasteiger partial charge in [0.25, 0.3) is 0 Å². The second-order valence-electron chi connectivity index (χ2n) is 4.22. The molecule has 2 atom stereocenters. The molecule has 0 aliphatic carbocycles. The number of hydrogen-bond donors (Lipinski definition) is 1. The van der Waals surface area contributed by atoms with E-state index >= 15 is 0 Å². The molecule has 0 radical (unpaired) electrons. The lowest BCUT2D eigenvalue weighted by Crippen LogP contribution is -2.45. The minimum atomic E-state index is 0.690. The monoisotopic (exact) mass is 184 g/mol. The molecule has 2 nitrogen and oxygen atoms in total. The van der Waals surface area contributed by atoms with E-state index in [1.165, 1.54) is 32.2 Å². The number of likely N-dealkylation sites (tertiary alicyclic amines) is 1. The smallest absolute Gasteiger partial charge is 0.00954 e. The van der Waals surface area contributed by atoms with Crippen molar-refractivity contribution in [2.45, 2.75) is 58.0 Å². The van der Waals surface area contributed by atoms with Crippen LogP contribution in [-0.4, -0.2) is 30.1 Å². The molecule has 0 aromatic carbocycles. The molecule has 1 saturated heterocycles. The van der Waals surface area contributed by atoms with Crippen LogP contribution in [0, 0.1) is 0 Å². The Balaban J connectivity index is 2.43. The molecule has 0 spiro atoms. The summed E-state index contributed by atoms with van der Waals surface area (Å²) in [5.41, 5.74) is 5.60. The SMILES string of the molecule is CCC1CCCCN1C(C)CCN. The van der Waals surface area contributed by atoms with Gasteiger partial charge in [0.1, 0.15) is 0 Å². The molecule has 1 aliphatic rings. The van der Waals surface area contributed by atoms with Gasteiger partial charge >= 0.3 is 0 Å². The Labute approximate surface area is 82.5 Å². The fourth-order valence-corrected chi connectivity index (χ4v) is 2.45. The Morgan fingerprint density at radius 3 is 2.85 bits per heavy atom. The lowest BCUT2D eigenvalue weighted by Gasteiger charge is -2.39. The van der Waals surface area contributed by atoms with Crippen molar-refractivity contribution in [1.29, 1.82) is 0 Å². The maximum absolute atomic E-state index is 5.60. The molecule has 13 heavy (non-hydrogen) atoms. The second-order valence-corrected chi connectivity index (χ2v) is 4.22. The Morgan fingerprint density at radius 1 is 1.46 bits per heavy atom. The van der Waals surface area contributed by atoms with E-state index in [2.05, 4.69) is 18.7 Å². The van der Waals surface area contributed by atoms with Crippen LogP contribution >= 0.6 is 0 Å². The van der Waals surface area contributed by atoms with Crippen molar-refractivity contribution < 1.29 is 0 Å². The lowest BCUT2D eigenvalue weighted by molar-refractivity contribution is 0.0967. The van der Waals surface area contributed by atoms with E-state index in [0.717, 1.165) is 19.0 Å². The van der Waals surface area contributed by atoms with E-state index in [1.807, 2.05) is 0 Å². The van der Waals surface area contributed by atoms with Crippen molar-refractivity contribution in [3.8, 4) is 0 Å². The summed E-state index contributed by atoms with van der Waals surface area (Å²) >= 11 is 0. The Hall–Kier alpha value is -0.0800. The molecule has 1 rings (SSSR count). The topological polar surface area (TPSA) is 29.3 Å². The summed E-state index contributed by atoms with van der Waals surface area (Å²) in [7, 11) is 0. The van der Waals surface area contributed by atoms with Crippen LogP contribution in [0.4, 0.5) is 0 Å². The van der Waals surface area contributed by atoms with Crippen LogP contribution in [-0.2, 0) is 0 Å². The molecular weight excluding hydrogens is 160 g/mol. The molecule has 1 aliphatic heterocycles. The molecule has 0 aromatic heterocycles. The molecule has 0 bridgehead atoms. The van der Waals surface area contributed by atoms with Gasteiger partial charge in [-0.2, -0.15) is 0 Å². The summed E-state index contributed by atoms with van der Waals surface area (Å²) in [5, 5.41) is 0. The molecule has 1 heterocycles. The zero-order chi connectivity index (χ0) is 9.68. The normalized spacial score (nSPS) is 27.5. The van der Waals surface area contributed by atoms with E-state index in [-0.39, 0.29) is 0 Å². The average molecular weight is 184 g/mol. The molecular formula is C11H24N2. The van der Waals surface area contributed by atoms with Crippen LogP contribution in [0.25, 0.3) is 0 Å². The number of piperidine rings is 1. The van der Waals surface area contributed by atoms with E-state index in [9.17, 15) is 0 Å². The van der Waals surface area contributed by atoms with Crippen molar-refractivity contribution in [1.82, 2.24) is 4.90 Å². The zero-order valence-electron chi connectivity index (χ0n) is 9.13. The van der Waals surface area contributed by atoms with Gasteiger partial charge in [0.05, 0.1) is 0 Å². The van der Waals surface area contributed by atoms with Crippen LogP contribution in [0.15, 0.2) is 0 Å². The fraction of sp³-hybridized carbons (Fsp3) is 1.00. The third-order valence-corrected chi connectivity index (χ3v) is 3.29. The number of nitrogens with two attached hydrogens (primary N) is 1. The van der Waals surface area contributed by atoms with Crippen LogP contribution in [0.5, 0.6) is 0 Å². The van der Waals surface area contributed by atoms with Gasteiger partial charge in [-0.15, -0.1) is 0 Å². The van der Waals surface area contributed by atoms with E-state index in [0.29, 0.717) is 6.04 Å². The highest BCUT2D eigenvalue weighted by atomic mass is 15.2. The fourth-order valence-electron chi connectivity index (χ4n) is 2.45. The van der Waals surface area contributed by atoms with Crippen LogP contribution in [0.1, 0.15) is 46.0 Å². The summed E-state index contributed by atoms with van der Waals surface area (Å²) in [6.07, 6.45) is 6.65. The summed E-state index contributed by atoms with van der Waals surface area (Å²) in [4.78, 5) is 2.66. The van der Waals surface area contributed by atoms with Gasteiger partial charge < -0.3 is 5.73 Å². The Bertz CT molecular complexity index is 136. The highest BCUT2D eigenvalue weighted by Gasteiger charge is 2.24. The Kier molecular flexibility index (Phi) is 4.74. The molecule has 1 fully saturated rings. The number of rotatable bonds is 4. The molecule has 0 amide bonds. The predicted molar refractivity (Wildman–Crippen MR) is 57.8 cm³/mol. The first-order chi connectivity index (χ1) is 6.29. The summed E-state index contributed by atoms with van der Waals surface area (Å²) in [6.45, 7) is 6.74. The predicted octanol–water partition coefficient (Wildman–Crippen LogP) is 1.99. The largest absolute Gasteiger partial charge is 0.330 e. The lowest BCUT2D eigenvalue weighted by atomic mass is 9.97. The van der Waals surface area contributed by atoms with Gasteiger partial charge in [-0.3, -0.25) is 4.90 Å². The molecule has 0 aromatic rings. The second kappa shape index (κ2) is 5.61. The van der Waals surface area contributed by atoms with Crippen molar-refractivity contribution in [3.63, 3.8) is 0 Å². The van der Waals surface area contributed by atoms with E-state index in [1.54, 1.807) is 0 Å². The van der Waals surface area contributed by atoms with E-state index in [4.69, 9.17) is 5.73 Å². The van der Waals surface area contributed by atoms with Gasteiger partial charge in [0.2, 0.25) is 0 Å². The maximum Gasteiger partial charge on any atom is 0.00954 e. The minimum absolute atomic E-state index is 0.690. The number of hydrogen-bond acceptors (Lipinski definition) is 2. The quantitative estimate of drug-likeness (QED) is 0.724. The molecule has 78 valence electrons. The van der Waals surface area contributed by atoms with E-state index < -0.39 is 0 Å². The zero-order valence-corrected chi connectivity index (χ0v) is 9.13. The van der Waals surface area contributed by atoms with Gasteiger partial charge in [-0.1, -0.05) is 13.3 Å². The third-order valence-electron chi connectivity index (χ3n) is 3.29. The van der Waals surface area contributed by atoms with Gasteiger partial charge in [-0.05, 0) is 45.7 Å². The average Bonchev–Trinajstić information content (AvgIpc) is 2.18. The van der Waals surface area contributed by atoms with Gasteiger partial charge in [0.15, 0.2) is 0 Å². The van der Waals surface area contributed by atoms with Crippen LogP contribution < -0.4 is 5.73 Å². The van der Waals surface area contributed by atoms with Crippen molar-refractivity contribution in [2.75, 3.05) is 13.1 Å². The summed E-state index contributed by atoms with van der Waals surface area (Å²) < 4.78 is 0. The highest BCUT2D eigenvalue weighted by Crippen LogP contribution is 2.22. The van der Waals surface area contributed by atoms with Crippen molar-refractivity contribution in [2.24, 2.45) is 5.73 Å². The van der Waals surface area contributed by atoms with Crippen molar-refractivity contribution >= 4 is 0 Å². The third kappa shape index (κ3) is 2.96. The van der Waals surface area contributed by atoms with Gasteiger partial charge in [0, 0.05) is 12.1 Å². The maximum atomic E-state index is 5.60.